The molecular weight excluding hydrogens is 281 g/mol. The van der Waals surface area contributed by atoms with Crippen LogP contribution in [0.4, 0.5) is 10.1 Å². The Kier molecular flexibility index (Phi) is 4.25. The molecule has 0 aliphatic carbocycles. The van der Waals surface area contributed by atoms with Crippen LogP contribution < -0.4 is 5.73 Å². The zero-order valence-electron chi connectivity index (χ0n) is 10.8. The lowest BCUT2D eigenvalue weighted by atomic mass is 10.1. The van der Waals surface area contributed by atoms with Crippen molar-refractivity contribution in [3.63, 3.8) is 0 Å². The second-order valence-electron chi connectivity index (χ2n) is 4.44. The van der Waals surface area contributed by atoms with Crippen LogP contribution in [0.3, 0.4) is 0 Å². The molecule has 2 rings (SSSR count). The van der Waals surface area contributed by atoms with Crippen LogP contribution in [0.25, 0.3) is 0 Å². The van der Waals surface area contributed by atoms with Gasteiger partial charge in [-0.3, -0.25) is 0 Å². The summed E-state index contributed by atoms with van der Waals surface area (Å²) in [6, 6.07) is 8.86. The molecular formula is C15H13ClFNO2. The number of carbonyl (C=O) groups is 1. The van der Waals surface area contributed by atoms with Gasteiger partial charge in [0.25, 0.3) is 0 Å². The highest BCUT2D eigenvalue weighted by Gasteiger charge is 2.10. The number of halogens is 2. The van der Waals surface area contributed by atoms with Crippen molar-refractivity contribution in [1.82, 2.24) is 0 Å². The maximum Gasteiger partial charge on any atom is 0.338 e. The number of rotatable bonds is 3. The van der Waals surface area contributed by atoms with Crippen molar-refractivity contribution in [2.75, 3.05) is 5.73 Å². The molecule has 0 radical (unpaired) electrons. The number of ether oxygens (including phenoxy) is 1. The fourth-order valence-electron chi connectivity index (χ4n) is 1.81. The standard InChI is InChI=1S/C15H13ClFNO2/c1-9-4-10(7-13(18)5-9)15(19)20-8-11-6-12(17)2-3-14(11)16/h2-7H,8,18H2,1H3. The number of hydrogen-bond acceptors (Lipinski definition) is 3. The van der Waals surface area contributed by atoms with E-state index < -0.39 is 11.8 Å². The van der Waals surface area contributed by atoms with Gasteiger partial charge in [-0.15, -0.1) is 0 Å². The van der Waals surface area contributed by atoms with Crippen molar-refractivity contribution in [3.05, 3.63) is 63.9 Å². The normalized spacial score (nSPS) is 10.3. The molecule has 0 unspecified atom stereocenters. The van der Waals surface area contributed by atoms with Gasteiger partial charge in [0.05, 0.1) is 5.56 Å². The molecule has 0 aromatic heterocycles. The number of anilines is 1. The second kappa shape index (κ2) is 5.92. The highest BCUT2D eigenvalue weighted by Crippen LogP contribution is 2.19. The molecule has 0 aliphatic rings. The van der Waals surface area contributed by atoms with Gasteiger partial charge >= 0.3 is 5.97 Å². The minimum atomic E-state index is -0.527. The average Bonchev–Trinajstić information content (AvgIpc) is 2.38. The van der Waals surface area contributed by atoms with Gasteiger partial charge in [-0.1, -0.05) is 11.6 Å². The molecule has 20 heavy (non-hydrogen) atoms. The second-order valence-corrected chi connectivity index (χ2v) is 4.85. The summed E-state index contributed by atoms with van der Waals surface area (Å²) in [4.78, 5) is 11.9. The number of esters is 1. The Morgan fingerprint density at radius 3 is 2.75 bits per heavy atom. The highest BCUT2D eigenvalue weighted by molar-refractivity contribution is 6.31. The third-order valence-corrected chi connectivity index (χ3v) is 3.07. The Morgan fingerprint density at radius 2 is 2.05 bits per heavy atom. The first-order chi connectivity index (χ1) is 9.45. The smallest absolute Gasteiger partial charge is 0.338 e. The van der Waals surface area contributed by atoms with Gasteiger partial charge in [-0.25, -0.2) is 9.18 Å². The molecule has 0 heterocycles. The Labute approximate surface area is 121 Å². The van der Waals surface area contributed by atoms with Crippen LogP contribution in [0, 0.1) is 12.7 Å². The molecule has 2 aromatic carbocycles. The Hall–Kier alpha value is -2.07. The number of nitrogen functional groups attached to an aromatic ring is 1. The van der Waals surface area contributed by atoms with E-state index in [1.54, 1.807) is 12.1 Å². The lowest BCUT2D eigenvalue weighted by Gasteiger charge is -2.08. The van der Waals surface area contributed by atoms with E-state index in [1.165, 1.54) is 24.3 Å². The molecule has 0 fully saturated rings. The quantitative estimate of drug-likeness (QED) is 0.693. The van der Waals surface area contributed by atoms with Crippen molar-refractivity contribution in [2.24, 2.45) is 0 Å². The van der Waals surface area contributed by atoms with E-state index in [4.69, 9.17) is 22.1 Å². The number of nitrogens with two attached hydrogens (primary N) is 1. The SMILES string of the molecule is Cc1cc(N)cc(C(=O)OCc2cc(F)ccc2Cl)c1. The molecule has 0 atom stereocenters. The van der Waals surface area contributed by atoms with Gasteiger partial charge in [0.1, 0.15) is 12.4 Å². The predicted molar refractivity (Wildman–Crippen MR) is 76.1 cm³/mol. The first-order valence-electron chi connectivity index (χ1n) is 5.94. The van der Waals surface area contributed by atoms with Crippen LogP contribution in [0.15, 0.2) is 36.4 Å². The zero-order chi connectivity index (χ0) is 14.7. The third kappa shape index (κ3) is 3.48. The molecule has 0 saturated heterocycles. The fourth-order valence-corrected chi connectivity index (χ4v) is 1.98. The van der Waals surface area contributed by atoms with E-state index >= 15 is 0 Å². The van der Waals surface area contributed by atoms with E-state index in [2.05, 4.69) is 0 Å². The van der Waals surface area contributed by atoms with E-state index in [0.29, 0.717) is 21.8 Å². The minimum Gasteiger partial charge on any atom is -0.457 e. The van der Waals surface area contributed by atoms with Crippen LogP contribution in [0.1, 0.15) is 21.5 Å². The van der Waals surface area contributed by atoms with Gasteiger partial charge in [0, 0.05) is 16.3 Å². The highest BCUT2D eigenvalue weighted by atomic mass is 35.5. The number of benzene rings is 2. The summed E-state index contributed by atoms with van der Waals surface area (Å²) < 4.78 is 18.2. The van der Waals surface area contributed by atoms with E-state index in [9.17, 15) is 9.18 Å². The number of aryl methyl sites for hydroxylation is 1. The Morgan fingerprint density at radius 1 is 1.30 bits per heavy atom. The molecule has 0 aliphatic heterocycles. The van der Waals surface area contributed by atoms with Gasteiger partial charge < -0.3 is 10.5 Å². The van der Waals surface area contributed by atoms with Crippen molar-refractivity contribution in [2.45, 2.75) is 13.5 Å². The van der Waals surface area contributed by atoms with Crippen molar-refractivity contribution in [1.29, 1.82) is 0 Å². The Bertz CT molecular complexity index is 638. The summed E-state index contributed by atoms with van der Waals surface area (Å²) in [5, 5.41) is 0.350. The summed E-state index contributed by atoms with van der Waals surface area (Å²) in [7, 11) is 0. The monoisotopic (exact) mass is 293 g/mol. The zero-order valence-corrected chi connectivity index (χ0v) is 11.6. The first-order valence-corrected chi connectivity index (χ1v) is 6.32. The maximum atomic E-state index is 13.1. The van der Waals surface area contributed by atoms with Crippen LogP contribution in [-0.4, -0.2) is 5.97 Å². The molecule has 2 N–H and O–H groups in total. The van der Waals surface area contributed by atoms with Gasteiger partial charge in [0.2, 0.25) is 0 Å². The van der Waals surface area contributed by atoms with Gasteiger partial charge in [-0.05, 0) is 48.9 Å². The fraction of sp³-hybridized carbons (Fsp3) is 0.133. The summed E-state index contributed by atoms with van der Waals surface area (Å²) in [5.41, 5.74) is 7.79. The third-order valence-electron chi connectivity index (χ3n) is 2.70. The summed E-state index contributed by atoms with van der Waals surface area (Å²) in [6.07, 6.45) is 0. The van der Waals surface area contributed by atoms with Gasteiger partial charge in [0.15, 0.2) is 0 Å². The first kappa shape index (κ1) is 14.3. The Balaban J connectivity index is 2.10. The molecule has 0 bridgehead atoms. The van der Waals surface area contributed by atoms with Crippen molar-refractivity contribution in [3.8, 4) is 0 Å². The molecule has 0 saturated carbocycles. The van der Waals surface area contributed by atoms with Crippen LogP contribution >= 0.6 is 11.6 Å². The maximum absolute atomic E-state index is 13.1. The lowest BCUT2D eigenvalue weighted by molar-refractivity contribution is 0.0472. The molecule has 0 amide bonds. The van der Waals surface area contributed by atoms with Crippen molar-refractivity contribution >= 4 is 23.3 Å². The van der Waals surface area contributed by atoms with Crippen LogP contribution in [0.2, 0.25) is 5.02 Å². The molecule has 2 aromatic rings. The summed E-state index contributed by atoms with van der Waals surface area (Å²) in [5.74, 6) is -0.957. The molecule has 0 spiro atoms. The molecule has 3 nitrogen and oxygen atoms in total. The van der Waals surface area contributed by atoms with E-state index in [0.717, 1.165) is 5.56 Å². The average molecular weight is 294 g/mol. The summed E-state index contributed by atoms with van der Waals surface area (Å²) >= 11 is 5.90. The molecule has 5 heteroatoms. The largest absolute Gasteiger partial charge is 0.457 e. The van der Waals surface area contributed by atoms with Gasteiger partial charge in [-0.2, -0.15) is 0 Å². The topological polar surface area (TPSA) is 52.3 Å². The van der Waals surface area contributed by atoms with Crippen LogP contribution in [-0.2, 0) is 11.3 Å². The number of carbonyl (C=O) groups excluding carboxylic acids is 1. The van der Waals surface area contributed by atoms with Crippen molar-refractivity contribution < 1.29 is 13.9 Å². The van der Waals surface area contributed by atoms with E-state index in [-0.39, 0.29) is 6.61 Å². The molecule has 104 valence electrons. The predicted octanol–water partition coefficient (Wildman–Crippen LogP) is 3.73. The minimum absolute atomic E-state index is 0.0940. The van der Waals surface area contributed by atoms with E-state index in [1.807, 2.05) is 6.92 Å². The summed E-state index contributed by atoms with van der Waals surface area (Å²) in [6.45, 7) is 1.74. The van der Waals surface area contributed by atoms with Crippen LogP contribution in [0.5, 0.6) is 0 Å². The lowest BCUT2D eigenvalue weighted by Crippen LogP contribution is -2.06. The number of hydrogen-bond donors (Lipinski definition) is 1.